The van der Waals surface area contributed by atoms with Crippen LogP contribution in [0.2, 0.25) is 0 Å². The lowest BCUT2D eigenvalue weighted by Gasteiger charge is -2.20. The topological polar surface area (TPSA) is 128 Å². The molecular formula is C102H126N6O6. The lowest BCUT2D eigenvalue weighted by molar-refractivity contribution is 0.193. The normalized spacial score (nSPS) is 22.9. The molecule has 12 aromatic rings. The summed E-state index contributed by atoms with van der Waals surface area (Å²) in [7, 11) is 0. The lowest BCUT2D eigenvalue weighted by atomic mass is 10.1. The highest BCUT2D eigenvalue weighted by Gasteiger charge is 2.20. The number of hydrogen-bond donors (Lipinski definition) is 6. The van der Waals surface area contributed by atoms with Crippen LogP contribution in [0.15, 0.2) is 327 Å². The fraction of sp³-hybridized carbons (Fsp3) is 0.294. The molecule has 0 aliphatic rings. The van der Waals surface area contributed by atoms with E-state index in [1.54, 1.807) is 102 Å². The van der Waals surface area contributed by atoms with Crippen molar-refractivity contribution in [2.45, 2.75) is 116 Å². The lowest BCUT2D eigenvalue weighted by Crippen LogP contribution is -2.16. The molecule has 0 radical (unpaired) electrons. The summed E-state index contributed by atoms with van der Waals surface area (Å²) in [5, 5.41) is 12.2. The van der Waals surface area contributed by atoms with Gasteiger partial charge in [-0.25, -0.2) is 0 Å². The largest absolute Gasteiger partial charge is 0.485 e. The minimum absolute atomic E-state index is 0.00479. The van der Waals surface area contributed by atoms with Crippen LogP contribution in [-0.2, 0) is 0 Å². The Balaban J connectivity index is 0.000000280. The Labute approximate surface area is 767 Å². The van der Waals surface area contributed by atoms with E-state index in [1.165, 1.54) is 170 Å². The van der Waals surface area contributed by atoms with Crippen molar-refractivity contribution in [3.05, 3.63) is 394 Å². The monoisotopic (exact) mass is 1590 g/mol. The van der Waals surface area contributed by atoms with Gasteiger partial charge in [-0.2, -0.15) is 0 Å². The molecule has 114 heavy (non-hydrogen) atoms. The van der Waals surface area contributed by atoms with E-state index in [4.69, 9.17) is 111 Å². The Hall–Kier alpha value is -10.8. The molecule has 600 valence electrons. The number of nitrogens with one attached hydrogen (secondary N) is 6. The van der Waals surface area contributed by atoms with E-state index in [0.717, 1.165) is 0 Å². The highest BCUT2D eigenvalue weighted by atomic mass is 16.5. The predicted molar refractivity (Wildman–Crippen MR) is 477 cm³/mol. The molecule has 0 heterocycles. The summed E-state index contributed by atoms with van der Waals surface area (Å²) in [6, 6.07) is 59.5. The van der Waals surface area contributed by atoms with E-state index in [2.05, 4.69) is 16.0 Å². The van der Waals surface area contributed by atoms with Gasteiger partial charge in [-0.15, -0.1) is 0 Å². The molecule has 0 aliphatic carbocycles. The summed E-state index contributed by atoms with van der Waals surface area (Å²) in [6.07, 6.45) is -21.3. The number of ether oxygens (including phenoxy) is 6. The summed E-state index contributed by atoms with van der Waals surface area (Å²) < 4.78 is 500. The second kappa shape index (κ2) is 54.0. The average Bonchev–Trinajstić information content (AvgIpc) is 0.728. The van der Waals surface area contributed by atoms with Gasteiger partial charge in [0.05, 0.1) is 19.2 Å². The summed E-state index contributed by atoms with van der Waals surface area (Å²) in [5.74, 6) is -0.847. The first-order chi connectivity index (χ1) is 79.2. The van der Waals surface area contributed by atoms with Crippen molar-refractivity contribution in [3.63, 3.8) is 0 Å². The van der Waals surface area contributed by atoms with E-state index in [1.807, 2.05) is 10.6 Å². The van der Waals surface area contributed by atoms with Crippen LogP contribution >= 0.6 is 0 Å². The maximum absolute atomic E-state index is 8.82. The molecule has 0 saturated heterocycles. The quantitative estimate of drug-likeness (QED) is 0.0224. The summed E-state index contributed by atoms with van der Waals surface area (Å²) in [6.45, 7) is -38.5. The Kier molecular flexibility index (Phi) is 17.8. The molecule has 6 atom stereocenters. The molecule has 6 N–H and O–H groups in total. The van der Waals surface area contributed by atoms with Gasteiger partial charge in [0.25, 0.3) is 0 Å². The molecule has 0 saturated carbocycles. The van der Waals surface area contributed by atoms with Crippen LogP contribution < -0.4 is 60.3 Å². The molecule has 6 unspecified atom stereocenters. The fourth-order valence-corrected chi connectivity index (χ4v) is 9.50. The highest BCUT2D eigenvalue weighted by Crippen LogP contribution is 2.33. The first-order valence-electron chi connectivity index (χ1n) is 64.8. The van der Waals surface area contributed by atoms with E-state index < -0.39 is 237 Å². The van der Waals surface area contributed by atoms with Crippen LogP contribution in [0.5, 0.6) is 34.5 Å². The smallest absolute Gasteiger partial charge is 0.125 e. The summed E-state index contributed by atoms with van der Waals surface area (Å²) in [5.41, 5.74) is -0.938. The van der Waals surface area contributed by atoms with Gasteiger partial charge in [0.2, 0.25) is 0 Å². The van der Waals surface area contributed by atoms with E-state index in [0.29, 0.717) is 5.56 Å². The molecule has 12 aromatic carbocycles. The van der Waals surface area contributed by atoms with Crippen molar-refractivity contribution in [1.29, 1.82) is 0 Å². The molecule has 12 nitrogen and oxygen atoms in total. The molecule has 0 amide bonds. The maximum Gasteiger partial charge on any atom is 0.125 e. The Bertz CT molecular complexity index is 7180. The highest BCUT2D eigenvalue weighted by molar-refractivity contribution is 5.39. The number of rotatable bonds is 36. The van der Waals surface area contributed by atoms with Gasteiger partial charge < -0.3 is 60.3 Å². The van der Waals surface area contributed by atoms with Gasteiger partial charge in [0.15, 0.2) is 0 Å². The minimum atomic E-state index is -3.29. The Morgan fingerprint density at radius 3 is 0.912 bits per heavy atom. The van der Waals surface area contributed by atoms with E-state index in [9.17, 15) is 0 Å². The number of benzene rings is 12. The van der Waals surface area contributed by atoms with Gasteiger partial charge in [0.1, 0.15) is 71.0 Å². The average molecular weight is 1590 g/mol. The van der Waals surface area contributed by atoms with Crippen LogP contribution in [0, 0.1) is 41.1 Å². The zero-order valence-corrected chi connectivity index (χ0v) is 61.5. The van der Waals surface area contributed by atoms with E-state index >= 15 is 0 Å². The molecule has 0 aliphatic heterocycles. The van der Waals surface area contributed by atoms with Gasteiger partial charge in [-0.05, 0) is 225 Å². The Morgan fingerprint density at radius 1 is 0.254 bits per heavy atom. The molecule has 0 aromatic heterocycles. The van der Waals surface area contributed by atoms with Crippen LogP contribution in [-0.4, -0.2) is 81.0 Å². The Morgan fingerprint density at radius 2 is 0.535 bits per heavy atom. The molecule has 0 bridgehead atoms. The zero-order chi connectivity index (χ0) is 132. The van der Waals surface area contributed by atoms with Crippen molar-refractivity contribution < 1.29 is 111 Å². The second-order valence-electron chi connectivity index (χ2n) is 22.9. The number of hydrogen-bond acceptors (Lipinski definition) is 12. The van der Waals surface area contributed by atoms with Gasteiger partial charge in [-0.3, -0.25) is 0 Å². The molecule has 12 heteroatoms. The van der Waals surface area contributed by atoms with Crippen molar-refractivity contribution in [2.24, 2.45) is 0 Å². The third kappa shape index (κ3) is 33.1. The molecular weight excluding hydrogens is 1410 g/mol. The SMILES string of the molecule is [2H]C([2H])([2H])NC([2H])([2H])C([2H])([2H])C([2H])(Oc1ccccc1C([2H])([2H])[2H])c1ccccc1.[2H]C([2H])([2H])NC([2H])([2H])CC([2H])(Oc1ccccc1C([2H])([2H])[2H])c1ccccc1.[2H]C([2H])([2H])NCC([2H])([2H])C([2H])(Oc1ccccc1C([2H])([2H])[2H])c1ccccc1.[2H]C([2H])([2H])NCCC([2H])(Oc1ccccc1C([2H])([2H])[2H])c1ccccc1.[2H]c1c([2H])c([2H])c(C(CCNC([2H])([2H])[2H])Oc2ccccc2C([2H])([2H])[2H])c([2H])c1[2H].[2H]c1c([2H])c([2H])c(C(Oc2ccccc2C([2H])([2H])[2H])C([2H])([2H])CNC([2H])([2H])[2H])c([2H])c1[2H]. The second-order valence-corrected chi connectivity index (χ2v) is 22.9. The van der Waals surface area contributed by atoms with Gasteiger partial charge in [0, 0.05) is 101 Å². The standard InChI is InChI=1S/6C17H21NO/c6*1-14-8-6-7-11-16(14)19-17(12-13-18-2)15-9-4-3-5-10-15/h6*3-11,17-18H,12-13H2,1-2H3/i1D3,2D3,3D,4D,5D,9D,10D,12D2;1D3,2D3,3D,4D,5D,9D,10D;1D3,2D3,12D2,13D2,17D;1D3,2D3,13D2,17D;1D3,2D3,12D2,17D;1D3,2D3,17D. The van der Waals surface area contributed by atoms with Crippen LogP contribution in [0.3, 0.4) is 0 Å². The van der Waals surface area contributed by atoms with Crippen LogP contribution in [0.1, 0.15) is 224 Å². The third-order valence-corrected chi connectivity index (χ3v) is 14.9. The number of aryl methyl sites for hydroxylation is 6. The van der Waals surface area contributed by atoms with Crippen molar-refractivity contribution >= 4 is 0 Å². The first-order valence-corrected chi connectivity index (χ1v) is 34.8. The van der Waals surface area contributed by atoms with Crippen molar-refractivity contribution in [2.75, 3.05) is 81.0 Å². The molecule has 0 fully saturated rings. The van der Waals surface area contributed by atoms with Gasteiger partial charge >= 0.3 is 0 Å². The summed E-state index contributed by atoms with van der Waals surface area (Å²) in [4.78, 5) is 0. The molecule has 0 spiro atoms. The van der Waals surface area contributed by atoms with E-state index in [-0.39, 0.29) is 116 Å². The van der Waals surface area contributed by atoms with Crippen molar-refractivity contribution in [1.82, 2.24) is 31.9 Å². The summed E-state index contributed by atoms with van der Waals surface area (Å²) >= 11 is 0. The first kappa shape index (κ1) is 37.7. The maximum atomic E-state index is 8.82. The third-order valence-electron chi connectivity index (χ3n) is 14.9. The van der Waals surface area contributed by atoms with Crippen LogP contribution in [0.4, 0.5) is 0 Å². The number of para-hydroxylation sites is 6. The molecule has 12 rings (SSSR count). The van der Waals surface area contributed by atoms with Crippen molar-refractivity contribution in [3.8, 4) is 34.5 Å². The fourth-order valence-electron chi connectivity index (χ4n) is 9.50. The zero-order valence-electron chi connectivity index (χ0n) is 121. The minimum Gasteiger partial charge on any atom is -0.485 e. The van der Waals surface area contributed by atoms with Gasteiger partial charge in [-0.1, -0.05) is 291 Å². The predicted octanol–water partition coefficient (Wildman–Crippen LogP) is 22.3. The van der Waals surface area contributed by atoms with Crippen LogP contribution in [0.25, 0.3) is 0 Å².